The Bertz CT molecular complexity index is 2620. The molecule has 2 saturated heterocycles. The minimum Gasteiger partial charge on any atom is -0.453 e. The molecule has 3 aromatic heterocycles. The summed E-state index contributed by atoms with van der Waals surface area (Å²) in [5, 5.41) is 15.6. The number of hydrogen-bond donors (Lipinski definition) is 4. The molecule has 2 aromatic carbocycles. The van der Waals surface area contributed by atoms with E-state index in [1.54, 1.807) is 11.1 Å². The number of allylic oxidation sites excluding steroid dienone is 4. The van der Waals surface area contributed by atoms with E-state index in [1.807, 2.05) is 96.0 Å². The molecule has 4 N–H and O–H groups in total. The number of benzene rings is 2. The largest absolute Gasteiger partial charge is 0.453 e. The molecule has 0 radical (unpaired) electrons. The Balaban J connectivity index is 0.908. The number of aromatic nitrogens is 6. The molecule has 0 saturated carbocycles. The number of carbonyl (C=O) groups is 4. The number of hydrogen-bond acceptors (Lipinski definition) is 10. The van der Waals surface area contributed by atoms with Crippen molar-refractivity contribution in [3.63, 3.8) is 0 Å². The van der Waals surface area contributed by atoms with Gasteiger partial charge in [-0.1, -0.05) is 66.8 Å². The van der Waals surface area contributed by atoms with Gasteiger partial charge < -0.3 is 39.9 Å². The van der Waals surface area contributed by atoms with Gasteiger partial charge in [-0.2, -0.15) is 0 Å². The number of H-pyrrole nitrogens is 2. The molecular formula is C46H48N10O6. The van der Waals surface area contributed by atoms with E-state index in [1.165, 1.54) is 14.2 Å². The number of aromatic amines is 2. The highest BCUT2D eigenvalue weighted by Crippen LogP contribution is 2.36. The number of rotatable bonds is 10. The standard InChI is InChI=1S/C46H48N10O6/c1-61-45(59)51-39(27-11-5-3-6-12-27)43(57)55-21-9-15-37(55)41-47-26-36(50-41)31-18-17-29-23-33(53-54-34(29)24-31)30-19-20-32-35(25-30)49-42(48-32)38-16-10-22-56(38)44(58)40(52-46(60)62-2)28-13-7-4-8-14-28/h5-8,11-14,17-20,23-28,37-40H,3-4,9-10,15-16,21-22H2,1-2H3,(H,47,50)(H,48,49)(H,51,59)(H,52,60)/t37-,38-,39-,40-/m0/s1. The third kappa shape index (κ3) is 8.07. The van der Waals surface area contributed by atoms with Crippen molar-refractivity contribution >= 4 is 45.9 Å². The number of nitrogens with one attached hydrogen (secondary N) is 4. The van der Waals surface area contributed by atoms with Crippen LogP contribution in [-0.4, -0.2) is 103 Å². The highest BCUT2D eigenvalue weighted by atomic mass is 16.5. The number of likely N-dealkylation sites (tertiary alicyclic amines) is 2. The fraction of sp³-hybridized carbons (Fsp3) is 0.348. The Hall–Kier alpha value is -7.10. The highest BCUT2D eigenvalue weighted by Gasteiger charge is 2.40. The second-order valence-corrected chi connectivity index (χ2v) is 16.0. The van der Waals surface area contributed by atoms with Crippen LogP contribution < -0.4 is 10.6 Å². The lowest BCUT2D eigenvalue weighted by Crippen LogP contribution is -2.51. The zero-order valence-corrected chi connectivity index (χ0v) is 34.5. The number of nitrogens with zero attached hydrogens (tertiary/aromatic N) is 6. The summed E-state index contributed by atoms with van der Waals surface area (Å²) >= 11 is 0. The third-order valence-corrected chi connectivity index (χ3v) is 12.2. The number of imidazole rings is 2. The zero-order chi connectivity index (χ0) is 42.7. The maximum atomic E-state index is 14.0. The molecule has 0 spiro atoms. The number of amides is 4. The van der Waals surface area contributed by atoms with Gasteiger partial charge >= 0.3 is 12.2 Å². The van der Waals surface area contributed by atoms with Crippen molar-refractivity contribution in [1.29, 1.82) is 0 Å². The topological polar surface area (TPSA) is 200 Å². The van der Waals surface area contributed by atoms with Crippen LogP contribution in [0.15, 0.2) is 97.3 Å². The zero-order valence-electron chi connectivity index (χ0n) is 34.5. The van der Waals surface area contributed by atoms with Crippen molar-refractivity contribution in [1.82, 2.24) is 50.6 Å². The number of carbonyl (C=O) groups excluding carboxylic acids is 4. The lowest BCUT2D eigenvalue weighted by molar-refractivity contribution is -0.135. The maximum absolute atomic E-state index is 14.0. The molecule has 62 heavy (non-hydrogen) atoms. The van der Waals surface area contributed by atoms with E-state index >= 15 is 0 Å². The van der Waals surface area contributed by atoms with Crippen LogP contribution >= 0.6 is 0 Å². The van der Waals surface area contributed by atoms with E-state index in [0.29, 0.717) is 35.9 Å². The molecule has 4 aliphatic rings. The van der Waals surface area contributed by atoms with Gasteiger partial charge in [-0.15, -0.1) is 10.2 Å². The number of methoxy groups -OCH3 is 2. The number of fused-ring (bicyclic) bond motifs is 2. The fourth-order valence-electron chi connectivity index (χ4n) is 9.02. The molecule has 4 atom stereocenters. The first-order valence-corrected chi connectivity index (χ1v) is 21.1. The number of alkyl carbamates (subject to hydrolysis) is 2. The van der Waals surface area contributed by atoms with Crippen molar-refractivity contribution < 1.29 is 28.7 Å². The molecule has 16 nitrogen and oxygen atoms in total. The first kappa shape index (κ1) is 40.3. The Morgan fingerprint density at radius 1 is 0.694 bits per heavy atom. The van der Waals surface area contributed by atoms with E-state index in [4.69, 9.17) is 19.4 Å². The van der Waals surface area contributed by atoms with Crippen LogP contribution in [0.25, 0.3) is 44.5 Å². The van der Waals surface area contributed by atoms with E-state index in [9.17, 15) is 19.2 Å². The first-order chi connectivity index (χ1) is 30.3. The van der Waals surface area contributed by atoms with E-state index in [2.05, 4.69) is 30.8 Å². The molecule has 0 bridgehead atoms. The summed E-state index contributed by atoms with van der Waals surface area (Å²) in [6, 6.07) is 11.7. The Labute approximate surface area is 357 Å². The van der Waals surface area contributed by atoms with Gasteiger partial charge in [-0.3, -0.25) is 9.59 Å². The predicted molar refractivity (Wildman–Crippen MR) is 231 cm³/mol. The predicted octanol–water partition coefficient (Wildman–Crippen LogP) is 6.60. The average molecular weight is 837 g/mol. The second kappa shape index (κ2) is 17.5. The van der Waals surface area contributed by atoms with Crippen molar-refractivity contribution in [3.05, 3.63) is 109 Å². The molecular weight excluding hydrogens is 789 g/mol. The van der Waals surface area contributed by atoms with Gasteiger partial charge in [0.1, 0.15) is 23.7 Å². The van der Waals surface area contributed by atoms with Gasteiger partial charge in [-0.25, -0.2) is 19.6 Å². The third-order valence-electron chi connectivity index (χ3n) is 12.2. The summed E-state index contributed by atoms with van der Waals surface area (Å²) in [5.41, 5.74) is 5.51. The van der Waals surface area contributed by atoms with Crippen LogP contribution in [-0.2, 0) is 19.1 Å². The molecule has 5 heterocycles. The van der Waals surface area contributed by atoms with E-state index in [-0.39, 0.29) is 35.7 Å². The Morgan fingerprint density at radius 3 is 1.90 bits per heavy atom. The van der Waals surface area contributed by atoms with Gasteiger partial charge in [0.2, 0.25) is 11.8 Å². The molecule has 5 aromatic rings. The summed E-state index contributed by atoms with van der Waals surface area (Å²) in [4.78, 5) is 72.7. The van der Waals surface area contributed by atoms with Crippen LogP contribution in [0.2, 0.25) is 0 Å². The van der Waals surface area contributed by atoms with Crippen LogP contribution in [0.3, 0.4) is 0 Å². The van der Waals surface area contributed by atoms with Gasteiger partial charge in [-0.05, 0) is 62.8 Å². The van der Waals surface area contributed by atoms with Gasteiger partial charge in [0.15, 0.2) is 0 Å². The molecule has 4 amide bonds. The average Bonchev–Trinajstić information content (AvgIpc) is 4.16. The lowest BCUT2D eigenvalue weighted by atomic mass is 9.93. The SMILES string of the molecule is COC(=O)N[C@H](C(=O)N1CCC[C@H]1c1ncc(-c2ccc3cc(-c4ccc5nc([C@@H]6CCCN6C(=O)[C@@H](NC(=O)OC)C6C=CCC=C6)[nH]c5c4)nnc3c2)[nH]1)C1C=CCC=C1. The van der Waals surface area contributed by atoms with Crippen LogP contribution in [0.1, 0.15) is 62.3 Å². The summed E-state index contributed by atoms with van der Waals surface area (Å²) in [5.74, 6) is 0.442. The normalized spacial score (nSPS) is 19.9. The molecule has 2 fully saturated rings. The second-order valence-electron chi connectivity index (χ2n) is 16.0. The van der Waals surface area contributed by atoms with Crippen molar-refractivity contribution in [2.75, 3.05) is 27.3 Å². The van der Waals surface area contributed by atoms with Crippen LogP contribution in [0, 0.1) is 11.8 Å². The van der Waals surface area contributed by atoms with Crippen LogP contribution in [0.4, 0.5) is 9.59 Å². The van der Waals surface area contributed by atoms with Crippen molar-refractivity contribution in [2.24, 2.45) is 11.8 Å². The molecule has 16 heteroatoms. The molecule has 9 rings (SSSR count). The summed E-state index contributed by atoms with van der Waals surface area (Å²) in [7, 11) is 2.58. The first-order valence-electron chi connectivity index (χ1n) is 21.1. The quantitative estimate of drug-likeness (QED) is 0.111. The summed E-state index contributed by atoms with van der Waals surface area (Å²) in [6.07, 6.45) is 20.9. The minimum atomic E-state index is -0.800. The number of ether oxygens (including phenoxy) is 2. The lowest BCUT2D eigenvalue weighted by Gasteiger charge is -2.31. The summed E-state index contributed by atoms with van der Waals surface area (Å²) in [6.45, 7) is 1.10. The van der Waals surface area contributed by atoms with Gasteiger partial charge in [0, 0.05) is 41.4 Å². The molecule has 318 valence electrons. The monoisotopic (exact) mass is 836 g/mol. The van der Waals surface area contributed by atoms with Crippen molar-refractivity contribution in [2.45, 2.75) is 62.7 Å². The summed E-state index contributed by atoms with van der Waals surface area (Å²) < 4.78 is 9.72. The van der Waals surface area contributed by atoms with E-state index in [0.717, 1.165) is 71.8 Å². The Morgan fingerprint density at radius 2 is 1.29 bits per heavy atom. The fourth-order valence-corrected chi connectivity index (χ4v) is 9.02. The molecule has 2 aliphatic carbocycles. The molecule has 2 aliphatic heterocycles. The van der Waals surface area contributed by atoms with Crippen LogP contribution in [0.5, 0.6) is 0 Å². The maximum Gasteiger partial charge on any atom is 0.407 e. The van der Waals surface area contributed by atoms with E-state index < -0.39 is 24.3 Å². The van der Waals surface area contributed by atoms with Crippen molar-refractivity contribution in [3.8, 4) is 22.5 Å². The Kier molecular flexibility index (Phi) is 11.4. The smallest absolute Gasteiger partial charge is 0.407 e. The van der Waals surface area contributed by atoms with Gasteiger partial charge in [0.05, 0.1) is 60.4 Å². The highest BCUT2D eigenvalue weighted by molar-refractivity contribution is 5.90. The molecule has 0 unspecified atom stereocenters. The minimum absolute atomic E-state index is 0.180. The van der Waals surface area contributed by atoms with Gasteiger partial charge in [0.25, 0.3) is 0 Å².